The van der Waals surface area contributed by atoms with Crippen molar-refractivity contribution in [2.45, 2.75) is 31.7 Å². The van der Waals surface area contributed by atoms with E-state index in [2.05, 4.69) is 24.6 Å². The molecule has 0 bridgehead atoms. The summed E-state index contributed by atoms with van der Waals surface area (Å²) in [6, 6.07) is 0.390. The first-order valence-electron chi connectivity index (χ1n) is 6.91. The zero-order valence-electron chi connectivity index (χ0n) is 11.1. The van der Waals surface area contributed by atoms with E-state index in [0.717, 1.165) is 32.2 Å². The minimum Gasteiger partial charge on any atom is -0.338 e. The zero-order chi connectivity index (χ0) is 13.1. The Balaban J connectivity index is 1.94. The molecule has 1 saturated heterocycles. The van der Waals surface area contributed by atoms with Crippen LogP contribution < -0.4 is 0 Å². The largest absolute Gasteiger partial charge is 0.338 e. The summed E-state index contributed by atoms with van der Waals surface area (Å²) in [6.45, 7) is 12.4. The van der Waals surface area contributed by atoms with Crippen LogP contribution in [0.1, 0.15) is 25.7 Å². The van der Waals surface area contributed by atoms with Crippen molar-refractivity contribution in [2.24, 2.45) is 17.8 Å². The highest BCUT2D eigenvalue weighted by Crippen LogP contribution is 2.48. The van der Waals surface area contributed by atoms with Gasteiger partial charge >= 0.3 is 0 Å². The molecule has 0 N–H and O–H groups in total. The van der Waals surface area contributed by atoms with E-state index in [1.54, 1.807) is 0 Å². The number of β-lactam (4-membered cyclic amide) rings is 1. The first-order valence-corrected chi connectivity index (χ1v) is 6.91. The second-order valence-electron chi connectivity index (χ2n) is 5.37. The molecule has 1 heterocycles. The number of carbonyl (C=O) groups is 1. The van der Waals surface area contributed by atoms with Gasteiger partial charge in [-0.25, -0.2) is 0 Å². The first kappa shape index (κ1) is 13.1. The van der Waals surface area contributed by atoms with E-state index >= 15 is 0 Å². The van der Waals surface area contributed by atoms with Crippen molar-refractivity contribution in [3.63, 3.8) is 0 Å². The maximum Gasteiger partial charge on any atom is 0.228 e. The molecule has 1 amide bonds. The summed E-state index contributed by atoms with van der Waals surface area (Å²) in [4.78, 5) is 14.2. The van der Waals surface area contributed by atoms with Gasteiger partial charge in [0.15, 0.2) is 0 Å². The Morgan fingerprint density at radius 1 is 1.17 bits per heavy atom. The molecular formula is C16H23NO. The average molecular weight is 245 g/mol. The Morgan fingerprint density at radius 2 is 1.89 bits per heavy atom. The van der Waals surface area contributed by atoms with Crippen molar-refractivity contribution in [2.75, 3.05) is 6.54 Å². The predicted molar refractivity (Wildman–Crippen MR) is 75.0 cm³/mol. The molecule has 2 fully saturated rings. The predicted octanol–water partition coefficient (Wildman–Crippen LogP) is 3.18. The van der Waals surface area contributed by atoms with Crippen molar-refractivity contribution < 1.29 is 4.79 Å². The average Bonchev–Trinajstić information content (AvgIpc) is 2.73. The quantitative estimate of drug-likeness (QED) is 0.383. The number of carbonyl (C=O) groups excluding carboxylic acids is 1. The number of fused-ring (bicyclic) bond motifs is 1. The van der Waals surface area contributed by atoms with Gasteiger partial charge in [-0.3, -0.25) is 4.79 Å². The highest BCUT2D eigenvalue weighted by atomic mass is 16.2. The van der Waals surface area contributed by atoms with Gasteiger partial charge in [0.25, 0.3) is 0 Å². The third-order valence-corrected chi connectivity index (χ3v) is 4.40. The molecule has 1 aliphatic heterocycles. The van der Waals surface area contributed by atoms with E-state index in [9.17, 15) is 4.79 Å². The summed E-state index contributed by atoms with van der Waals surface area (Å²) in [5, 5.41) is 0. The van der Waals surface area contributed by atoms with Crippen molar-refractivity contribution in [1.82, 2.24) is 4.90 Å². The summed E-state index contributed by atoms with van der Waals surface area (Å²) in [5.41, 5.74) is 0. The van der Waals surface area contributed by atoms with Gasteiger partial charge in [-0.2, -0.15) is 0 Å². The van der Waals surface area contributed by atoms with Crippen LogP contribution in [-0.4, -0.2) is 23.4 Å². The Bertz CT molecular complexity index is 360. The Morgan fingerprint density at radius 3 is 2.50 bits per heavy atom. The van der Waals surface area contributed by atoms with Crippen molar-refractivity contribution in [1.29, 1.82) is 0 Å². The minimum absolute atomic E-state index is 0.185. The Hall–Kier alpha value is -1.31. The maximum atomic E-state index is 12.2. The Kier molecular flexibility index (Phi) is 4.05. The van der Waals surface area contributed by atoms with E-state index in [1.165, 1.54) is 0 Å². The van der Waals surface area contributed by atoms with Crippen LogP contribution in [0.25, 0.3) is 0 Å². The second kappa shape index (κ2) is 5.55. The fourth-order valence-corrected chi connectivity index (χ4v) is 3.44. The molecular weight excluding hydrogens is 222 g/mol. The normalized spacial score (nSPS) is 33.8. The molecule has 2 nitrogen and oxygen atoms in total. The maximum absolute atomic E-state index is 12.2. The first-order chi connectivity index (χ1) is 8.74. The number of amides is 1. The summed E-state index contributed by atoms with van der Waals surface area (Å²) in [6.07, 6.45) is 10.2. The summed E-state index contributed by atoms with van der Waals surface area (Å²) in [7, 11) is 0. The highest BCUT2D eigenvalue weighted by molar-refractivity contribution is 5.87. The fraction of sp³-hybridized carbons (Fsp3) is 0.562. The van der Waals surface area contributed by atoms with Gasteiger partial charge in [-0.1, -0.05) is 18.2 Å². The monoisotopic (exact) mass is 245 g/mol. The minimum atomic E-state index is 0.185. The molecule has 0 spiro atoms. The lowest BCUT2D eigenvalue weighted by Crippen LogP contribution is -2.61. The second-order valence-corrected chi connectivity index (χ2v) is 5.37. The lowest BCUT2D eigenvalue weighted by molar-refractivity contribution is -0.156. The van der Waals surface area contributed by atoms with Gasteiger partial charge in [0.2, 0.25) is 5.91 Å². The smallest absolute Gasteiger partial charge is 0.228 e. The van der Waals surface area contributed by atoms with E-state index < -0.39 is 0 Å². The number of rotatable bonds is 7. The number of allylic oxidation sites excluding steroid dienone is 2. The molecule has 0 aromatic rings. The SMILES string of the molecule is C=CCCCCN1C(=O)[C@@H]2[C@H]1[C@@H](C=C)C[C@H]2C=C. The van der Waals surface area contributed by atoms with Gasteiger partial charge in [0.05, 0.1) is 12.0 Å². The molecule has 0 aromatic heterocycles. The number of nitrogens with zero attached hydrogens (tertiary/aromatic N) is 1. The molecule has 2 rings (SSSR count). The molecule has 0 aromatic carbocycles. The zero-order valence-corrected chi connectivity index (χ0v) is 11.1. The topological polar surface area (TPSA) is 20.3 Å². The van der Waals surface area contributed by atoms with Crippen LogP contribution in [0.2, 0.25) is 0 Å². The fourth-order valence-electron chi connectivity index (χ4n) is 3.44. The van der Waals surface area contributed by atoms with Crippen LogP contribution in [0, 0.1) is 17.8 Å². The third-order valence-electron chi connectivity index (χ3n) is 4.40. The van der Waals surface area contributed by atoms with Gasteiger partial charge in [0.1, 0.15) is 0 Å². The molecule has 98 valence electrons. The number of hydrogen-bond acceptors (Lipinski definition) is 1. The molecule has 4 atom stereocenters. The van der Waals surface area contributed by atoms with Gasteiger partial charge in [-0.05, 0) is 37.5 Å². The van der Waals surface area contributed by atoms with Crippen LogP contribution >= 0.6 is 0 Å². The standard InChI is InChI=1S/C16H23NO/c1-4-7-8-9-10-17-15-13(6-3)11-12(5-2)14(15)16(17)18/h4-6,12-15H,1-3,7-11H2/t12-,13+,14+,15-/m1/s1. The van der Waals surface area contributed by atoms with Crippen LogP contribution in [-0.2, 0) is 4.79 Å². The van der Waals surface area contributed by atoms with E-state index in [-0.39, 0.29) is 5.92 Å². The molecule has 18 heavy (non-hydrogen) atoms. The lowest BCUT2D eigenvalue weighted by atomic mass is 9.82. The van der Waals surface area contributed by atoms with Crippen LogP contribution in [0.5, 0.6) is 0 Å². The van der Waals surface area contributed by atoms with Crippen molar-refractivity contribution in [3.05, 3.63) is 38.0 Å². The lowest BCUT2D eigenvalue weighted by Gasteiger charge is -2.47. The third kappa shape index (κ3) is 2.05. The summed E-state index contributed by atoms with van der Waals surface area (Å²) in [5.74, 6) is 1.32. The van der Waals surface area contributed by atoms with Gasteiger partial charge in [0, 0.05) is 6.54 Å². The highest BCUT2D eigenvalue weighted by Gasteiger charge is 2.57. The van der Waals surface area contributed by atoms with Crippen LogP contribution in [0.4, 0.5) is 0 Å². The molecule has 0 radical (unpaired) electrons. The number of hydrogen-bond donors (Lipinski definition) is 0. The molecule has 2 aliphatic rings. The van der Waals surface area contributed by atoms with E-state index in [0.29, 0.717) is 23.8 Å². The Labute approximate surface area is 110 Å². The van der Waals surface area contributed by atoms with Crippen molar-refractivity contribution in [3.8, 4) is 0 Å². The molecule has 2 heteroatoms. The van der Waals surface area contributed by atoms with E-state index in [1.807, 2.05) is 18.2 Å². The molecule has 1 saturated carbocycles. The van der Waals surface area contributed by atoms with Crippen LogP contribution in [0.3, 0.4) is 0 Å². The van der Waals surface area contributed by atoms with Crippen LogP contribution in [0.15, 0.2) is 38.0 Å². The van der Waals surface area contributed by atoms with E-state index in [4.69, 9.17) is 0 Å². The molecule has 0 unspecified atom stereocenters. The summed E-state index contributed by atoms with van der Waals surface area (Å²) >= 11 is 0. The summed E-state index contributed by atoms with van der Waals surface area (Å²) < 4.78 is 0. The number of likely N-dealkylation sites (tertiary alicyclic amines) is 1. The number of unbranched alkanes of at least 4 members (excludes halogenated alkanes) is 2. The molecule has 1 aliphatic carbocycles. The van der Waals surface area contributed by atoms with Crippen molar-refractivity contribution >= 4 is 5.91 Å². The van der Waals surface area contributed by atoms with Gasteiger partial charge in [-0.15, -0.1) is 19.7 Å². The van der Waals surface area contributed by atoms with Gasteiger partial charge < -0.3 is 4.90 Å².